The van der Waals surface area contributed by atoms with Gasteiger partial charge in [0, 0.05) is 0 Å². The van der Waals surface area contributed by atoms with Crippen LogP contribution in [0.3, 0.4) is 0 Å². The second kappa shape index (κ2) is 4.97. The summed E-state index contributed by atoms with van der Waals surface area (Å²) in [5, 5.41) is 0. The van der Waals surface area contributed by atoms with Crippen LogP contribution in [0.2, 0.25) is 0 Å². The van der Waals surface area contributed by atoms with E-state index >= 15 is 0 Å². The summed E-state index contributed by atoms with van der Waals surface area (Å²) in [5.41, 5.74) is 1.62. The van der Waals surface area contributed by atoms with Crippen molar-refractivity contribution in [3.05, 3.63) is 29.3 Å². The topological polar surface area (TPSA) is 57.2 Å². The van der Waals surface area contributed by atoms with Crippen LogP contribution in [0.5, 0.6) is 0 Å². The first-order chi connectivity index (χ1) is 7.34. The summed E-state index contributed by atoms with van der Waals surface area (Å²) < 4.78 is 33.2. The van der Waals surface area contributed by atoms with Gasteiger partial charge in [0.25, 0.3) is 0 Å². The van der Waals surface area contributed by atoms with E-state index in [2.05, 4.69) is 0 Å². The molecule has 1 unspecified atom stereocenters. The highest BCUT2D eigenvalue weighted by Gasteiger charge is 2.11. The fourth-order valence-corrected chi connectivity index (χ4v) is 2.33. The molecule has 16 heavy (non-hydrogen) atoms. The molecule has 0 bridgehead atoms. The van der Waals surface area contributed by atoms with Gasteiger partial charge < -0.3 is 4.55 Å². The van der Waals surface area contributed by atoms with Gasteiger partial charge in [0.15, 0.2) is 0 Å². The molecule has 4 heteroatoms. The van der Waals surface area contributed by atoms with E-state index in [-0.39, 0.29) is 4.90 Å². The zero-order chi connectivity index (χ0) is 12.3. The Kier molecular flexibility index (Phi) is 4.10. The maximum absolute atomic E-state index is 11.1. The molecule has 0 aliphatic rings. The Hall–Kier alpha value is -0.870. The number of hydrogen-bond donors (Lipinski definition) is 0. The molecule has 1 atom stereocenters. The van der Waals surface area contributed by atoms with Crippen LogP contribution in [0.25, 0.3) is 0 Å². The minimum absolute atomic E-state index is 0.0709. The average molecular weight is 241 g/mol. The number of aryl methyl sites for hydroxylation is 1. The average Bonchev–Trinajstić information content (AvgIpc) is 2.15. The van der Waals surface area contributed by atoms with Crippen molar-refractivity contribution in [1.29, 1.82) is 0 Å². The molecule has 0 heterocycles. The van der Waals surface area contributed by atoms with E-state index in [1.807, 2.05) is 20.8 Å². The fraction of sp³-hybridized carbons (Fsp3) is 0.500. The Bertz CT molecular complexity index is 463. The van der Waals surface area contributed by atoms with Crippen LogP contribution in [0.1, 0.15) is 31.4 Å². The maximum atomic E-state index is 11.1. The molecule has 0 radical (unpaired) electrons. The largest absolute Gasteiger partial charge is 0.744 e. The molecular formula is C12H17O3S-. The van der Waals surface area contributed by atoms with Gasteiger partial charge in [0.05, 0.1) is 4.90 Å². The molecule has 0 aliphatic heterocycles. The molecule has 1 aromatic carbocycles. The highest BCUT2D eigenvalue weighted by atomic mass is 32.2. The van der Waals surface area contributed by atoms with Gasteiger partial charge in [-0.2, -0.15) is 0 Å². The Morgan fingerprint density at radius 1 is 1.38 bits per heavy atom. The molecule has 0 saturated heterocycles. The van der Waals surface area contributed by atoms with Gasteiger partial charge in [-0.1, -0.05) is 38.0 Å². The third-order valence-electron chi connectivity index (χ3n) is 2.75. The smallest absolute Gasteiger partial charge is 0.124 e. The normalized spacial score (nSPS) is 13.8. The quantitative estimate of drug-likeness (QED) is 0.761. The van der Waals surface area contributed by atoms with Gasteiger partial charge in [-0.25, -0.2) is 8.42 Å². The molecule has 0 saturated carbocycles. The Morgan fingerprint density at radius 3 is 2.50 bits per heavy atom. The van der Waals surface area contributed by atoms with Crippen molar-refractivity contribution in [2.45, 2.75) is 38.5 Å². The summed E-state index contributed by atoms with van der Waals surface area (Å²) in [7, 11) is -4.35. The van der Waals surface area contributed by atoms with Crippen molar-refractivity contribution in [3.8, 4) is 0 Å². The lowest BCUT2D eigenvalue weighted by atomic mass is 9.98. The molecule has 0 aromatic heterocycles. The molecular weight excluding hydrogens is 224 g/mol. The Labute approximate surface area is 97.2 Å². The zero-order valence-electron chi connectivity index (χ0n) is 9.86. The van der Waals surface area contributed by atoms with E-state index < -0.39 is 10.1 Å². The van der Waals surface area contributed by atoms with Gasteiger partial charge in [-0.05, 0) is 30.9 Å². The van der Waals surface area contributed by atoms with Crippen LogP contribution in [0, 0.1) is 12.8 Å². The van der Waals surface area contributed by atoms with Crippen molar-refractivity contribution in [3.63, 3.8) is 0 Å². The van der Waals surface area contributed by atoms with Crippen LogP contribution in [0.15, 0.2) is 23.1 Å². The standard InChI is InChI=1S/C12H18O3S/c1-4-9(2)7-11-8-10(3)5-6-12(11)16(13,14)15/h5-6,8-9H,4,7H2,1-3H3,(H,13,14,15)/p-1. The zero-order valence-corrected chi connectivity index (χ0v) is 10.7. The summed E-state index contributed by atoms with van der Waals surface area (Å²) in [6.45, 7) is 5.98. The second-order valence-corrected chi connectivity index (χ2v) is 5.63. The van der Waals surface area contributed by atoms with E-state index in [1.165, 1.54) is 6.07 Å². The van der Waals surface area contributed by atoms with Gasteiger partial charge in [0.1, 0.15) is 10.1 Å². The second-order valence-electron chi connectivity index (χ2n) is 4.28. The van der Waals surface area contributed by atoms with E-state index in [1.54, 1.807) is 12.1 Å². The summed E-state index contributed by atoms with van der Waals surface area (Å²) in [6, 6.07) is 4.86. The van der Waals surface area contributed by atoms with E-state index in [0.29, 0.717) is 17.9 Å². The highest BCUT2D eigenvalue weighted by molar-refractivity contribution is 7.85. The highest BCUT2D eigenvalue weighted by Crippen LogP contribution is 2.21. The first kappa shape index (κ1) is 13.2. The summed E-state index contributed by atoms with van der Waals surface area (Å²) in [5.74, 6) is 0.377. The number of benzene rings is 1. The predicted octanol–water partition coefficient (Wildman–Crippen LogP) is 2.49. The van der Waals surface area contributed by atoms with Gasteiger partial charge in [0.2, 0.25) is 0 Å². The van der Waals surface area contributed by atoms with Crippen LogP contribution < -0.4 is 0 Å². The summed E-state index contributed by atoms with van der Waals surface area (Å²) >= 11 is 0. The number of hydrogen-bond acceptors (Lipinski definition) is 3. The lowest BCUT2D eigenvalue weighted by molar-refractivity contribution is 0.460. The van der Waals surface area contributed by atoms with Crippen molar-refractivity contribution in [2.24, 2.45) is 5.92 Å². The summed E-state index contributed by atoms with van der Waals surface area (Å²) in [6.07, 6.45) is 1.60. The molecule has 0 aliphatic carbocycles. The van der Waals surface area contributed by atoms with E-state index in [0.717, 1.165) is 12.0 Å². The molecule has 3 nitrogen and oxygen atoms in total. The molecule has 1 rings (SSSR count). The lowest BCUT2D eigenvalue weighted by Gasteiger charge is -2.16. The molecule has 0 fully saturated rings. The SMILES string of the molecule is CCC(C)Cc1cc(C)ccc1S(=O)(=O)[O-]. The third kappa shape index (κ3) is 3.32. The first-order valence-electron chi connectivity index (χ1n) is 5.40. The van der Waals surface area contributed by atoms with Crippen LogP contribution >= 0.6 is 0 Å². The van der Waals surface area contributed by atoms with Crippen molar-refractivity contribution >= 4 is 10.1 Å². The van der Waals surface area contributed by atoms with Crippen molar-refractivity contribution in [2.75, 3.05) is 0 Å². The fourth-order valence-electron chi connectivity index (χ4n) is 1.63. The predicted molar refractivity (Wildman–Crippen MR) is 62.3 cm³/mol. The van der Waals surface area contributed by atoms with Gasteiger partial charge in [-0.15, -0.1) is 0 Å². The summed E-state index contributed by atoms with van der Waals surface area (Å²) in [4.78, 5) is -0.0709. The van der Waals surface area contributed by atoms with Gasteiger partial charge in [-0.3, -0.25) is 0 Å². The molecule has 1 aromatic rings. The van der Waals surface area contributed by atoms with Crippen LogP contribution in [-0.4, -0.2) is 13.0 Å². The monoisotopic (exact) mass is 241 g/mol. The minimum Gasteiger partial charge on any atom is -0.744 e. The molecule has 0 N–H and O–H groups in total. The van der Waals surface area contributed by atoms with Crippen molar-refractivity contribution in [1.82, 2.24) is 0 Å². The lowest BCUT2D eigenvalue weighted by Crippen LogP contribution is -2.07. The van der Waals surface area contributed by atoms with Crippen LogP contribution in [-0.2, 0) is 16.5 Å². The molecule has 0 amide bonds. The number of rotatable bonds is 4. The van der Waals surface area contributed by atoms with Crippen LogP contribution in [0.4, 0.5) is 0 Å². The van der Waals surface area contributed by atoms with E-state index in [9.17, 15) is 13.0 Å². The Morgan fingerprint density at radius 2 is 2.00 bits per heavy atom. The van der Waals surface area contributed by atoms with Gasteiger partial charge >= 0.3 is 0 Å². The van der Waals surface area contributed by atoms with Crippen molar-refractivity contribution < 1.29 is 13.0 Å². The molecule has 0 spiro atoms. The Balaban J connectivity index is 3.19. The minimum atomic E-state index is -4.35. The van der Waals surface area contributed by atoms with E-state index in [4.69, 9.17) is 0 Å². The molecule has 90 valence electrons. The third-order valence-corrected chi connectivity index (χ3v) is 3.69. The maximum Gasteiger partial charge on any atom is 0.124 e. The first-order valence-corrected chi connectivity index (χ1v) is 6.80.